The monoisotopic (exact) mass is 282 g/mol. The first-order valence-corrected chi connectivity index (χ1v) is 6.74. The fourth-order valence-electron chi connectivity index (χ4n) is 2.29. The van der Waals surface area contributed by atoms with E-state index in [4.69, 9.17) is 5.73 Å². The lowest BCUT2D eigenvalue weighted by molar-refractivity contribution is 0.404. The van der Waals surface area contributed by atoms with Crippen LogP contribution >= 0.6 is 15.9 Å². The molecule has 2 atom stereocenters. The highest BCUT2D eigenvalue weighted by Gasteiger charge is 2.21. The molecule has 0 aliphatic heterocycles. The van der Waals surface area contributed by atoms with Crippen molar-refractivity contribution in [3.8, 4) is 0 Å². The van der Waals surface area contributed by atoms with Crippen LogP contribution in [0.25, 0.3) is 0 Å². The van der Waals surface area contributed by atoms with Gasteiger partial charge in [-0.3, -0.25) is 0 Å². The Morgan fingerprint density at radius 1 is 1.31 bits per heavy atom. The average molecular weight is 283 g/mol. The molecule has 0 spiro atoms. The van der Waals surface area contributed by atoms with Crippen molar-refractivity contribution in [2.45, 2.75) is 44.7 Å². The van der Waals surface area contributed by atoms with Crippen LogP contribution in [-0.2, 0) is 0 Å². The standard InChI is InChI=1S/C13H19BrN2/c1-9-6-7-10(14)8-13(9)16-12-5-3-2-4-11(12)15/h6-8,11-12,16H,2-5,15H2,1H3. The zero-order valence-corrected chi connectivity index (χ0v) is 11.3. The molecule has 2 unspecified atom stereocenters. The van der Waals surface area contributed by atoms with E-state index in [1.165, 1.54) is 30.5 Å². The topological polar surface area (TPSA) is 38.0 Å². The first kappa shape index (κ1) is 11.9. The predicted molar refractivity (Wildman–Crippen MR) is 72.7 cm³/mol. The molecule has 1 aliphatic rings. The third-order valence-electron chi connectivity index (χ3n) is 3.36. The molecule has 0 aromatic heterocycles. The number of halogens is 1. The van der Waals surface area contributed by atoms with Crippen molar-refractivity contribution in [2.75, 3.05) is 5.32 Å². The number of nitrogens with two attached hydrogens (primary N) is 1. The van der Waals surface area contributed by atoms with E-state index in [0.717, 1.165) is 10.9 Å². The maximum absolute atomic E-state index is 6.14. The number of nitrogens with one attached hydrogen (secondary N) is 1. The van der Waals surface area contributed by atoms with E-state index >= 15 is 0 Å². The first-order chi connectivity index (χ1) is 7.66. The number of anilines is 1. The van der Waals surface area contributed by atoms with Gasteiger partial charge in [-0.05, 0) is 37.5 Å². The van der Waals surface area contributed by atoms with Gasteiger partial charge in [-0.25, -0.2) is 0 Å². The minimum atomic E-state index is 0.298. The van der Waals surface area contributed by atoms with E-state index in [2.05, 4.69) is 46.4 Å². The highest BCUT2D eigenvalue weighted by atomic mass is 79.9. The van der Waals surface area contributed by atoms with Crippen LogP contribution in [0.3, 0.4) is 0 Å². The molecular weight excluding hydrogens is 264 g/mol. The number of hydrogen-bond donors (Lipinski definition) is 2. The van der Waals surface area contributed by atoms with E-state index in [-0.39, 0.29) is 0 Å². The predicted octanol–water partition coefficient (Wildman–Crippen LogP) is 3.44. The van der Waals surface area contributed by atoms with Crippen molar-refractivity contribution in [1.29, 1.82) is 0 Å². The van der Waals surface area contributed by atoms with Gasteiger partial charge in [-0.1, -0.05) is 34.8 Å². The third-order valence-corrected chi connectivity index (χ3v) is 3.85. The summed E-state index contributed by atoms with van der Waals surface area (Å²) in [6, 6.07) is 7.06. The first-order valence-electron chi connectivity index (χ1n) is 5.95. The van der Waals surface area contributed by atoms with Gasteiger partial charge >= 0.3 is 0 Å². The quantitative estimate of drug-likeness (QED) is 0.872. The maximum Gasteiger partial charge on any atom is 0.0412 e. The second-order valence-electron chi connectivity index (χ2n) is 4.66. The van der Waals surface area contributed by atoms with Gasteiger partial charge in [0.25, 0.3) is 0 Å². The summed E-state index contributed by atoms with van der Waals surface area (Å²) in [5.41, 5.74) is 8.62. The second kappa shape index (κ2) is 5.19. The summed E-state index contributed by atoms with van der Waals surface area (Å²) in [7, 11) is 0. The van der Waals surface area contributed by atoms with Crippen molar-refractivity contribution in [1.82, 2.24) is 0 Å². The van der Waals surface area contributed by atoms with E-state index in [0.29, 0.717) is 12.1 Å². The summed E-state index contributed by atoms with van der Waals surface area (Å²) in [6.07, 6.45) is 4.90. The molecule has 2 rings (SSSR count). The fraction of sp³-hybridized carbons (Fsp3) is 0.538. The molecule has 1 saturated carbocycles. The molecule has 88 valence electrons. The summed E-state index contributed by atoms with van der Waals surface area (Å²) >= 11 is 3.50. The molecule has 1 aliphatic carbocycles. The Morgan fingerprint density at radius 3 is 2.81 bits per heavy atom. The number of rotatable bonds is 2. The van der Waals surface area contributed by atoms with Gasteiger partial charge < -0.3 is 11.1 Å². The minimum Gasteiger partial charge on any atom is -0.381 e. The Bertz CT molecular complexity index is 365. The van der Waals surface area contributed by atoms with Crippen molar-refractivity contribution >= 4 is 21.6 Å². The largest absolute Gasteiger partial charge is 0.381 e. The molecule has 2 nitrogen and oxygen atoms in total. The normalized spacial score (nSPS) is 25.4. The molecule has 16 heavy (non-hydrogen) atoms. The van der Waals surface area contributed by atoms with Gasteiger partial charge in [0, 0.05) is 22.2 Å². The highest BCUT2D eigenvalue weighted by molar-refractivity contribution is 9.10. The summed E-state index contributed by atoms with van der Waals surface area (Å²) in [5.74, 6) is 0. The van der Waals surface area contributed by atoms with E-state index in [1.807, 2.05) is 0 Å². The van der Waals surface area contributed by atoms with E-state index < -0.39 is 0 Å². The van der Waals surface area contributed by atoms with Gasteiger partial charge in [0.05, 0.1) is 0 Å². The second-order valence-corrected chi connectivity index (χ2v) is 5.57. The van der Waals surface area contributed by atoms with Crippen LogP contribution in [0.5, 0.6) is 0 Å². The Balaban J connectivity index is 2.10. The van der Waals surface area contributed by atoms with Crippen molar-refractivity contribution in [2.24, 2.45) is 5.73 Å². The summed E-state index contributed by atoms with van der Waals surface area (Å²) < 4.78 is 1.12. The molecule has 0 heterocycles. The van der Waals surface area contributed by atoms with Crippen molar-refractivity contribution in [3.05, 3.63) is 28.2 Å². The smallest absolute Gasteiger partial charge is 0.0412 e. The molecule has 3 heteroatoms. The molecule has 3 N–H and O–H groups in total. The third kappa shape index (κ3) is 2.77. The van der Waals surface area contributed by atoms with Crippen LogP contribution in [0.1, 0.15) is 31.2 Å². The lowest BCUT2D eigenvalue weighted by atomic mass is 9.90. The van der Waals surface area contributed by atoms with Crippen molar-refractivity contribution in [3.63, 3.8) is 0 Å². The molecule has 1 fully saturated rings. The van der Waals surface area contributed by atoms with Gasteiger partial charge in [-0.15, -0.1) is 0 Å². The number of aryl methyl sites for hydroxylation is 1. The summed E-state index contributed by atoms with van der Waals surface area (Å²) in [5, 5.41) is 3.58. The molecule has 1 aromatic carbocycles. The fourth-order valence-corrected chi connectivity index (χ4v) is 2.65. The van der Waals surface area contributed by atoms with Crippen LogP contribution in [-0.4, -0.2) is 12.1 Å². The van der Waals surface area contributed by atoms with Gasteiger partial charge in [0.2, 0.25) is 0 Å². The summed E-state index contributed by atoms with van der Waals surface area (Å²) in [6.45, 7) is 2.13. The summed E-state index contributed by atoms with van der Waals surface area (Å²) in [4.78, 5) is 0. The maximum atomic E-state index is 6.14. The highest BCUT2D eigenvalue weighted by Crippen LogP contribution is 2.25. The van der Waals surface area contributed by atoms with Crippen molar-refractivity contribution < 1.29 is 0 Å². The number of benzene rings is 1. The lowest BCUT2D eigenvalue weighted by Gasteiger charge is -2.30. The van der Waals surface area contributed by atoms with Crippen LogP contribution in [0, 0.1) is 6.92 Å². The zero-order chi connectivity index (χ0) is 11.5. The zero-order valence-electron chi connectivity index (χ0n) is 9.67. The van der Waals surface area contributed by atoms with Gasteiger partial charge in [0.1, 0.15) is 0 Å². The van der Waals surface area contributed by atoms with E-state index in [1.54, 1.807) is 0 Å². The van der Waals surface area contributed by atoms with E-state index in [9.17, 15) is 0 Å². The molecule has 0 amide bonds. The van der Waals surface area contributed by atoms with Crippen LogP contribution in [0.2, 0.25) is 0 Å². The minimum absolute atomic E-state index is 0.298. The van der Waals surface area contributed by atoms with Crippen LogP contribution in [0.4, 0.5) is 5.69 Å². The van der Waals surface area contributed by atoms with Gasteiger partial charge in [0.15, 0.2) is 0 Å². The molecule has 0 saturated heterocycles. The Labute approximate surface area is 106 Å². The average Bonchev–Trinajstić information content (AvgIpc) is 2.27. The Morgan fingerprint density at radius 2 is 2.06 bits per heavy atom. The molecule has 0 radical (unpaired) electrons. The lowest BCUT2D eigenvalue weighted by Crippen LogP contribution is -2.42. The number of hydrogen-bond acceptors (Lipinski definition) is 2. The molecule has 0 bridgehead atoms. The van der Waals surface area contributed by atoms with Crippen LogP contribution < -0.4 is 11.1 Å². The molecular formula is C13H19BrN2. The Kier molecular flexibility index (Phi) is 3.87. The SMILES string of the molecule is Cc1ccc(Br)cc1NC1CCCCC1N. The van der Waals surface area contributed by atoms with Crippen LogP contribution in [0.15, 0.2) is 22.7 Å². The van der Waals surface area contributed by atoms with Gasteiger partial charge in [-0.2, -0.15) is 0 Å². The molecule has 1 aromatic rings. The Hall–Kier alpha value is -0.540.